The SMILES string of the molecule is Clc1c2ccccc2cc[n+]1Cc1ccccc1.FC(F)(F)c1cc([B-](c2cc(C(F)(F)F)cc(C(F)(F)F)c2)(c2cc(C(F)(F)F)cc(C(F)(F)F)c2)c2cc(C(F)(F)F)cc(C(F)(F)F)c2)cc(C(F)(F)F)c1. The summed E-state index contributed by atoms with van der Waals surface area (Å²) in [5, 5.41) is 3.06. The Hall–Kier alpha value is -6.60. The van der Waals surface area contributed by atoms with E-state index < -0.39 is 195 Å². The average molecular weight is 1120 g/mol. The molecule has 7 rings (SSSR count). The molecule has 0 aliphatic carbocycles. The van der Waals surface area contributed by atoms with E-state index in [4.69, 9.17) is 11.6 Å². The van der Waals surface area contributed by atoms with Crippen molar-refractivity contribution in [3.63, 3.8) is 0 Å². The molecule has 1 heterocycles. The minimum absolute atomic E-state index is 0.691. The van der Waals surface area contributed by atoms with E-state index >= 15 is 0 Å². The van der Waals surface area contributed by atoms with Crippen molar-refractivity contribution in [3.05, 3.63) is 195 Å². The molecular formula is C48H25BClF24N. The Balaban J connectivity index is 0.000000421. The molecule has 0 spiro atoms. The van der Waals surface area contributed by atoms with E-state index in [0.717, 1.165) is 17.1 Å². The first-order chi connectivity index (χ1) is 34.1. The number of halogens is 25. The van der Waals surface area contributed by atoms with Crippen LogP contribution in [-0.4, -0.2) is 6.15 Å². The highest BCUT2D eigenvalue weighted by Gasteiger charge is 2.47. The van der Waals surface area contributed by atoms with Gasteiger partial charge in [-0.25, -0.2) is 0 Å². The molecule has 1 aromatic heterocycles. The maximum atomic E-state index is 14.2. The molecule has 7 aromatic rings. The van der Waals surface area contributed by atoms with Crippen LogP contribution < -0.4 is 26.4 Å². The number of hydrogen-bond acceptors (Lipinski definition) is 0. The van der Waals surface area contributed by atoms with Crippen molar-refractivity contribution >= 4 is 50.4 Å². The molecule has 0 saturated heterocycles. The molecule has 0 radical (unpaired) electrons. The zero-order valence-electron chi connectivity index (χ0n) is 36.5. The topological polar surface area (TPSA) is 3.88 Å². The third-order valence-corrected chi connectivity index (χ3v) is 11.9. The summed E-state index contributed by atoms with van der Waals surface area (Å²) in [4.78, 5) is 0. The lowest BCUT2D eigenvalue weighted by atomic mass is 9.12. The van der Waals surface area contributed by atoms with E-state index in [9.17, 15) is 105 Å². The van der Waals surface area contributed by atoms with Gasteiger partial charge in [0.25, 0.3) is 5.15 Å². The lowest BCUT2D eigenvalue weighted by Crippen LogP contribution is -2.75. The lowest BCUT2D eigenvalue weighted by molar-refractivity contribution is -0.684. The Bertz CT molecular complexity index is 2760. The summed E-state index contributed by atoms with van der Waals surface area (Å²) in [5.74, 6) is 0. The predicted molar refractivity (Wildman–Crippen MR) is 225 cm³/mol. The Labute approximate surface area is 410 Å². The second kappa shape index (κ2) is 19.8. The predicted octanol–water partition coefficient (Wildman–Crippen LogP) is 15.0. The Morgan fingerprint density at radius 3 is 0.840 bits per heavy atom. The molecule has 0 aliphatic rings. The fourth-order valence-electron chi connectivity index (χ4n) is 8.19. The maximum absolute atomic E-state index is 14.2. The number of rotatable bonds is 6. The third-order valence-electron chi connectivity index (χ3n) is 11.5. The van der Waals surface area contributed by atoms with Gasteiger partial charge in [0.05, 0.1) is 49.9 Å². The fraction of sp³-hybridized carbons (Fsp3) is 0.188. The molecule has 0 fully saturated rings. The van der Waals surface area contributed by atoms with Crippen LogP contribution in [0.25, 0.3) is 10.8 Å². The van der Waals surface area contributed by atoms with Crippen LogP contribution in [0.1, 0.15) is 50.1 Å². The minimum atomic E-state index is -6.13. The van der Waals surface area contributed by atoms with Crippen molar-refractivity contribution in [3.8, 4) is 0 Å². The molecular weight excluding hydrogens is 1090 g/mol. The lowest BCUT2D eigenvalue weighted by Gasteiger charge is -2.46. The third kappa shape index (κ3) is 12.9. The smallest absolute Gasteiger partial charge is 0.194 e. The number of alkyl halides is 24. The molecule has 400 valence electrons. The Morgan fingerprint density at radius 2 is 0.573 bits per heavy atom. The van der Waals surface area contributed by atoms with Crippen LogP contribution in [0.2, 0.25) is 5.15 Å². The van der Waals surface area contributed by atoms with Crippen molar-refractivity contribution in [2.24, 2.45) is 0 Å². The molecule has 27 heteroatoms. The first kappa shape index (κ1) is 57.7. The Morgan fingerprint density at radius 1 is 0.320 bits per heavy atom. The minimum Gasteiger partial charge on any atom is -0.194 e. The standard InChI is InChI=1S/C32H12BF24.C16H13ClN/c34-25(35,36)13-1-14(26(37,38)39)6-21(5-13)33(22-7-15(27(40,41)42)2-16(8-22)28(43,44)45,23-9-17(29(46,47)48)3-18(10-23)30(49,50)51)24-11-19(31(52,53)54)4-20(12-24)32(55,56)57;17-16-15-9-5-4-8-14(15)10-11-18(16)12-13-6-2-1-3-7-13/h1-12H;1-11H,12H2/q-1;+1. The van der Waals surface area contributed by atoms with Crippen LogP contribution in [0.15, 0.2) is 140 Å². The van der Waals surface area contributed by atoms with E-state index in [1.807, 2.05) is 36.5 Å². The fourth-order valence-corrected chi connectivity index (χ4v) is 8.48. The van der Waals surface area contributed by atoms with E-state index in [1.54, 1.807) is 0 Å². The largest absolute Gasteiger partial charge is 0.416 e. The van der Waals surface area contributed by atoms with Crippen molar-refractivity contribution in [2.75, 3.05) is 0 Å². The zero-order valence-corrected chi connectivity index (χ0v) is 37.2. The van der Waals surface area contributed by atoms with Gasteiger partial charge in [0.15, 0.2) is 12.7 Å². The summed E-state index contributed by atoms with van der Waals surface area (Å²) in [7, 11) is 0. The Kier molecular flexibility index (Phi) is 15.3. The van der Waals surface area contributed by atoms with Crippen molar-refractivity contribution < 1.29 is 110 Å². The highest BCUT2D eigenvalue weighted by molar-refractivity contribution is 7.20. The highest BCUT2D eigenvalue weighted by atomic mass is 35.5. The van der Waals surface area contributed by atoms with Gasteiger partial charge in [-0.15, -0.1) is 0 Å². The number of hydrogen-bond donors (Lipinski definition) is 0. The second-order valence-electron chi connectivity index (χ2n) is 16.5. The van der Waals surface area contributed by atoms with Crippen LogP contribution in [0.5, 0.6) is 0 Å². The van der Waals surface area contributed by atoms with Crippen LogP contribution in [0, 0.1) is 0 Å². The maximum Gasteiger partial charge on any atom is 0.416 e. The molecule has 0 N–H and O–H groups in total. The molecule has 0 bridgehead atoms. The first-order valence-corrected chi connectivity index (χ1v) is 20.9. The number of benzene rings is 6. The van der Waals surface area contributed by atoms with E-state index in [-0.39, 0.29) is 0 Å². The molecule has 0 atom stereocenters. The van der Waals surface area contributed by atoms with Crippen LogP contribution in [0.4, 0.5) is 105 Å². The molecule has 0 aliphatic heterocycles. The zero-order chi connectivity index (χ0) is 56.3. The first-order valence-electron chi connectivity index (χ1n) is 20.6. The molecule has 75 heavy (non-hydrogen) atoms. The summed E-state index contributed by atoms with van der Waals surface area (Å²) in [6, 6.07) is 11.8. The van der Waals surface area contributed by atoms with Crippen LogP contribution >= 0.6 is 11.6 Å². The number of aromatic nitrogens is 1. The highest BCUT2D eigenvalue weighted by Crippen LogP contribution is 2.41. The summed E-state index contributed by atoms with van der Waals surface area (Å²) in [6.45, 7) is 0.796. The number of nitrogens with zero attached hydrogens (tertiary/aromatic N) is 1. The second-order valence-corrected chi connectivity index (χ2v) is 16.9. The van der Waals surface area contributed by atoms with Gasteiger partial charge < -0.3 is 0 Å². The summed E-state index contributed by atoms with van der Waals surface area (Å²) in [5.41, 5.74) is -29.0. The molecule has 1 nitrogen and oxygen atoms in total. The van der Waals surface area contributed by atoms with Crippen LogP contribution in [-0.2, 0) is 56.0 Å². The quantitative estimate of drug-likeness (QED) is 0.0676. The van der Waals surface area contributed by atoms with Gasteiger partial charge in [0.1, 0.15) is 6.15 Å². The van der Waals surface area contributed by atoms with Crippen molar-refractivity contribution in [2.45, 2.75) is 56.0 Å². The van der Waals surface area contributed by atoms with Crippen molar-refractivity contribution in [1.82, 2.24) is 0 Å². The van der Waals surface area contributed by atoms with Gasteiger partial charge in [0.2, 0.25) is 0 Å². The van der Waals surface area contributed by atoms with Crippen LogP contribution in [0.3, 0.4) is 0 Å². The van der Waals surface area contributed by atoms with Gasteiger partial charge in [-0.05, 0) is 47.3 Å². The van der Waals surface area contributed by atoms with Gasteiger partial charge >= 0.3 is 49.4 Å². The average Bonchev–Trinajstić information content (AvgIpc) is 3.28. The number of pyridine rings is 1. The monoisotopic (exact) mass is 1120 g/mol. The summed E-state index contributed by atoms with van der Waals surface area (Å²) in [6.07, 6.45) is -52.8. The molecule has 6 aromatic carbocycles. The van der Waals surface area contributed by atoms with E-state index in [0.29, 0.717) is 0 Å². The molecule has 0 saturated carbocycles. The van der Waals surface area contributed by atoms with E-state index in [1.165, 1.54) is 10.9 Å². The van der Waals surface area contributed by atoms with Gasteiger partial charge in [0, 0.05) is 11.6 Å². The summed E-state index contributed by atoms with van der Waals surface area (Å²) < 4.78 is 343. The van der Waals surface area contributed by atoms with Gasteiger partial charge in [-0.2, -0.15) is 132 Å². The van der Waals surface area contributed by atoms with Crippen molar-refractivity contribution in [1.29, 1.82) is 0 Å². The normalized spacial score (nSPS) is 13.5. The molecule has 0 amide bonds. The van der Waals surface area contributed by atoms with Gasteiger partial charge in [-0.1, -0.05) is 97.1 Å². The number of fused-ring (bicyclic) bond motifs is 1. The van der Waals surface area contributed by atoms with E-state index in [2.05, 4.69) is 34.9 Å². The molecule has 0 unspecified atom stereocenters. The summed E-state index contributed by atoms with van der Waals surface area (Å²) >= 11 is 6.45. The van der Waals surface area contributed by atoms with Gasteiger partial charge in [-0.3, -0.25) is 0 Å².